The maximum Gasteiger partial charge on any atom is 0.326 e. The van der Waals surface area contributed by atoms with E-state index in [1.165, 1.54) is 20.0 Å². The van der Waals surface area contributed by atoms with Gasteiger partial charge in [-0.2, -0.15) is 0 Å². The Morgan fingerprint density at radius 1 is 1.40 bits per heavy atom. The van der Waals surface area contributed by atoms with E-state index in [-0.39, 0.29) is 5.97 Å². The molecule has 0 spiro atoms. The molecule has 0 amide bonds. The summed E-state index contributed by atoms with van der Waals surface area (Å²) < 4.78 is 5.09. The van der Waals surface area contributed by atoms with Crippen molar-refractivity contribution in [3.05, 3.63) is 0 Å². The Morgan fingerprint density at radius 3 is 2.60 bits per heavy atom. The van der Waals surface area contributed by atoms with Crippen LogP contribution in [0.3, 0.4) is 0 Å². The van der Waals surface area contributed by atoms with E-state index < -0.39 is 5.54 Å². The van der Waals surface area contributed by atoms with Gasteiger partial charge in [0.05, 0.1) is 7.11 Å². The number of nitrogens with one attached hydrogen (secondary N) is 1. The summed E-state index contributed by atoms with van der Waals surface area (Å²) in [5.74, 6) is -0.0629. The van der Waals surface area contributed by atoms with Crippen LogP contribution in [0.5, 0.6) is 0 Å². The molecule has 0 saturated heterocycles. The Morgan fingerprint density at radius 2 is 2.10 bits per heavy atom. The van der Waals surface area contributed by atoms with Crippen LogP contribution < -0.4 is 5.32 Å². The second kappa shape index (κ2) is 6.44. The first-order valence-electron chi connectivity index (χ1n) is 8.14. The average Bonchev–Trinajstić information content (AvgIpc) is 3.13. The molecule has 4 heteroatoms. The molecule has 2 fully saturated rings. The smallest absolute Gasteiger partial charge is 0.326 e. The van der Waals surface area contributed by atoms with E-state index >= 15 is 0 Å². The standard InChI is InChI=1S/C16H30N2O2/c1-5-10-18(12(2)3)14-8-9-16(11-14,15(19)20-4)17-13-6-7-13/h12-14,17H,5-11H2,1-4H3. The molecule has 20 heavy (non-hydrogen) atoms. The van der Waals surface area contributed by atoms with E-state index in [0.717, 1.165) is 32.2 Å². The summed E-state index contributed by atoms with van der Waals surface area (Å²) in [5, 5.41) is 3.58. The molecule has 0 bridgehead atoms. The van der Waals surface area contributed by atoms with Crippen molar-refractivity contribution in [2.24, 2.45) is 0 Å². The lowest BCUT2D eigenvalue weighted by molar-refractivity contribution is -0.148. The van der Waals surface area contributed by atoms with Gasteiger partial charge < -0.3 is 4.74 Å². The van der Waals surface area contributed by atoms with Crippen LogP contribution in [0.25, 0.3) is 0 Å². The Hall–Kier alpha value is -0.610. The molecule has 4 nitrogen and oxygen atoms in total. The van der Waals surface area contributed by atoms with E-state index in [1.807, 2.05) is 0 Å². The third-order valence-corrected chi connectivity index (χ3v) is 4.74. The summed E-state index contributed by atoms with van der Waals surface area (Å²) in [6.07, 6.45) is 6.46. The molecule has 0 aromatic heterocycles. The van der Waals surface area contributed by atoms with E-state index in [1.54, 1.807) is 0 Å². The summed E-state index contributed by atoms with van der Waals surface area (Å²) >= 11 is 0. The summed E-state index contributed by atoms with van der Waals surface area (Å²) in [4.78, 5) is 14.8. The molecule has 2 rings (SSSR count). The van der Waals surface area contributed by atoms with Crippen molar-refractivity contribution < 1.29 is 9.53 Å². The Labute approximate surface area is 123 Å². The van der Waals surface area contributed by atoms with Crippen LogP contribution in [-0.4, -0.2) is 48.2 Å². The molecule has 2 saturated carbocycles. The monoisotopic (exact) mass is 282 g/mol. The van der Waals surface area contributed by atoms with Crippen LogP contribution >= 0.6 is 0 Å². The maximum absolute atomic E-state index is 12.3. The molecule has 2 aliphatic carbocycles. The molecular formula is C16H30N2O2. The van der Waals surface area contributed by atoms with Crippen molar-refractivity contribution in [1.82, 2.24) is 10.2 Å². The van der Waals surface area contributed by atoms with Crippen LogP contribution in [0, 0.1) is 0 Å². The highest BCUT2D eigenvalue weighted by atomic mass is 16.5. The van der Waals surface area contributed by atoms with Crippen LogP contribution in [-0.2, 0) is 9.53 Å². The number of nitrogens with zero attached hydrogens (tertiary/aromatic N) is 1. The number of esters is 1. The summed E-state index contributed by atoms with van der Waals surface area (Å²) in [7, 11) is 1.51. The van der Waals surface area contributed by atoms with Gasteiger partial charge in [0.1, 0.15) is 5.54 Å². The zero-order valence-corrected chi connectivity index (χ0v) is 13.4. The fraction of sp³-hybridized carbons (Fsp3) is 0.938. The van der Waals surface area contributed by atoms with Gasteiger partial charge in [0.2, 0.25) is 0 Å². The van der Waals surface area contributed by atoms with Gasteiger partial charge in [-0.3, -0.25) is 15.0 Å². The quantitative estimate of drug-likeness (QED) is 0.728. The third kappa shape index (κ3) is 3.34. The minimum atomic E-state index is -0.429. The number of carbonyl (C=O) groups excluding carboxylic acids is 1. The molecule has 116 valence electrons. The lowest BCUT2D eigenvalue weighted by atomic mass is 9.96. The normalized spacial score (nSPS) is 30.2. The molecule has 2 atom stereocenters. The summed E-state index contributed by atoms with van der Waals surface area (Å²) in [6.45, 7) is 7.84. The van der Waals surface area contributed by atoms with Gasteiger partial charge in [0.15, 0.2) is 0 Å². The zero-order valence-electron chi connectivity index (χ0n) is 13.4. The molecule has 0 aliphatic heterocycles. The molecule has 1 N–H and O–H groups in total. The first-order chi connectivity index (χ1) is 9.52. The number of carbonyl (C=O) groups is 1. The fourth-order valence-corrected chi connectivity index (χ4v) is 3.61. The van der Waals surface area contributed by atoms with Gasteiger partial charge in [-0.05, 0) is 58.9 Å². The van der Waals surface area contributed by atoms with E-state index in [2.05, 4.69) is 31.0 Å². The molecule has 0 aromatic carbocycles. The highest BCUT2D eigenvalue weighted by molar-refractivity contribution is 5.81. The average molecular weight is 282 g/mol. The molecular weight excluding hydrogens is 252 g/mol. The van der Waals surface area contributed by atoms with Crippen molar-refractivity contribution >= 4 is 5.97 Å². The fourth-order valence-electron chi connectivity index (χ4n) is 3.61. The van der Waals surface area contributed by atoms with Crippen LogP contribution in [0.2, 0.25) is 0 Å². The maximum atomic E-state index is 12.3. The number of rotatable bonds is 7. The minimum Gasteiger partial charge on any atom is -0.468 e. The van der Waals surface area contributed by atoms with Crippen LogP contribution in [0.15, 0.2) is 0 Å². The number of hydrogen-bond donors (Lipinski definition) is 1. The Kier molecular flexibility index (Phi) is 5.08. The van der Waals surface area contributed by atoms with E-state index in [0.29, 0.717) is 18.1 Å². The predicted molar refractivity (Wildman–Crippen MR) is 80.7 cm³/mol. The topological polar surface area (TPSA) is 41.6 Å². The van der Waals surface area contributed by atoms with Crippen molar-refractivity contribution in [3.8, 4) is 0 Å². The predicted octanol–water partition coefficient (Wildman–Crippen LogP) is 2.32. The highest BCUT2D eigenvalue weighted by Crippen LogP contribution is 2.37. The first-order valence-corrected chi connectivity index (χ1v) is 8.14. The second-order valence-corrected chi connectivity index (χ2v) is 6.72. The molecule has 2 unspecified atom stereocenters. The second-order valence-electron chi connectivity index (χ2n) is 6.72. The first kappa shape index (κ1) is 15.8. The van der Waals surface area contributed by atoms with Gasteiger partial charge in [0.25, 0.3) is 0 Å². The Balaban J connectivity index is 2.07. The highest BCUT2D eigenvalue weighted by Gasteiger charge is 2.50. The van der Waals surface area contributed by atoms with Gasteiger partial charge >= 0.3 is 5.97 Å². The molecule has 0 radical (unpaired) electrons. The summed E-state index contributed by atoms with van der Waals surface area (Å²) in [5.41, 5.74) is -0.429. The van der Waals surface area contributed by atoms with Gasteiger partial charge in [-0.25, -0.2) is 0 Å². The molecule has 0 aromatic rings. The van der Waals surface area contributed by atoms with Crippen molar-refractivity contribution in [2.75, 3.05) is 13.7 Å². The van der Waals surface area contributed by atoms with Gasteiger partial charge in [0, 0.05) is 18.1 Å². The van der Waals surface area contributed by atoms with Crippen molar-refractivity contribution in [2.45, 2.75) is 83.0 Å². The van der Waals surface area contributed by atoms with Gasteiger partial charge in [-0.1, -0.05) is 6.92 Å². The number of ether oxygens (including phenoxy) is 1. The Bertz CT molecular complexity index is 341. The van der Waals surface area contributed by atoms with Crippen LogP contribution in [0.4, 0.5) is 0 Å². The number of hydrogen-bond acceptors (Lipinski definition) is 4. The number of methoxy groups -OCH3 is 1. The van der Waals surface area contributed by atoms with E-state index in [4.69, 9.17) is 4.74 Å². The zero-order chi connectivity index (χ0) is 14.8. The SMILES string of the molecule is CCCN(C(C)C)C1CCC(NC2CC2)(C(=O)OC)C1. The summed E-state index contributed by atoms with van der Waals surface area (Å²) in [6, 6.07) is 1.57. The lowest BCUT2D eigenvalue weighted by Crippen LogP contribution is -2.53. The van der Waals surface area contributed by atoms with Crippen molar-refractivity contribution in [3.63, 3.8) is 0 Å². The molecule has 2 aliphatic rings. The molecule has 0 heterocycles. The van der Waals surface area contributed by atoms with Crippen molar-refractivity contribution in [1.29, 1.82) is 0 Å². The largest absolute Gasteiger partial charge is 0.468 e. The van der Waals surface area contributed by atoms with Crippen LogP contribution in [0.1, 0.15) is 59.3 Å². The minimum absolute atomic E-state index is 0.0629. The lowest BCUT2D eigenvalue weighted by Gasteiger charge is -2.34. The third-order valence-electron chi connectivity index (χ3n) is 4.74. The van der Waals surface area contributed by atoms with E-state index in [9.17, 15) is 4.79 Å². The van der Waals surface area contributed by atoms with Gasteiger partial charge in [-0.15, -0.1) is 0 Å².